The van der Waals surface area contributed by atoms with Gasteiger partial charge in [-0.15, -0.1) is 5.10 Å². The summed E-state index contributed by atoms with van der Waals surface area (Å²) >= 11 is 1.29. The maximum atomic E-state index is 11.6. The number of aryl methyl sites for hydroxylation is 1. The molecule has 0 bridgehead atoms. The Labute approximate surface area is 139 Å². The van der Waals surface area contributed by atoms with E-state index in [1.54, 1.807) is 7.11 Å². The normalized spacial score (nSPS) is 11.0. The standard InChI is InChI=1S/C16H20N4O2S/c1-12-5-3-4-6-13(12)7-8-14-18-16(20-19-14)23-11-15(21)17-9-10-22-2/h3-8H,9-11H2,1-2H3,(H,17,21)(H,18,19,20). The number of nitrogens with zero attached hydrogens (tertiary/aromatic N) is 2. The minimum atomic E-state index is -0.0612. The molecular formula is C16H20N4O2S. The molecule has 6 nitrogen and oxygen atoms in total. The van der Waals surface area contributed by atoms with Crippen LogP contribution >= 0.6 is 11.8 Å². The van der Waals surface area contributed by atoms with E-state index in [4.69, 9.17) is 4.74 Å². The summed E-state index contributed by atoms with van der Waals surface area (Å²) in [6.07, 6.45) is 3.86. The average Bonchev–Trinajstić information content (AvgIpc) is 3.00. The number of rotatable bonds is 8. The molecule has 23 heavy (non-hydrogen) atoms. The number of nitrogens with one attached hydrogen (secondary N) is 2. The quantitative estimate of drug-likeness (QED) is 0.572. The van der Waals surface area contributed by atoms with E-state index in [0.717, 1.165) is 5.56 Å². The fraction of sp³-hybridized carbons (Fsp3) is 0.312. The van der Waals surface area contributed by atoms with E-state index >= 15 is 0 Å². The van der Waals surface area contributed by atoms with Gasteiger partial charge in [-0.3, -0.25) is 9.89 Å². The lowest BCUT2D eigenvalue weighted by molar-refractivity contribution is -0.118. The molecular weight excluding hydrogens is 312 g/mol. The molecule has 0 fully saturated rings. The fourth-order valence-electron chi connectivity index (χ4n) is 1.81. The lowest BCUT2D eigenvalue weighted by Crippen LogP contribution is -2.28. The maximum Gasteiger partial charge on any atom is 0.230 e. The van der Waals surface area contributed by atoms with Gasteiger partial charge in [0.15, 0.2) is 0 Å². The van der Waals surface area contributed by atoms with E-state index in [0.29, 0.717) is 24.1 Å². The van der Waals surface area contributed by atoms with Crippen LogP contribution in [-0.2, 0) is 9.53 Å². The van der Waals surface area contributed by atoms with Crippen molar-refractivity contribution in [2.75, 3.05) is 26.0 Å². The smallest absolute Gasteiger partial charge is 0.230 e. The van der Waals surface area contributed by atoms with Crippen molar-refractivity contribution in [1.29, 1.82) is 0 Å². The van der Waals surface area contributed by atoms with Crippen LogP contribution in [0.4, 0.5) is 0 Å². The van der Waals surface area contributed by atoms with Crippen LogP contribution < -0.4 is 5.32 Å². The zero-order chi connectivity index (χ0) is 16.5. The van der Waals surface area contributed by atoms with Crippen molar-refractivity contribution in [3.63, 3.8) is 0 Å². The Bertz CT molecular complexity index is 670. The molecule has 1 aromatic carbocycles. The molecule has 1 aromatic heterocycles. The Hall–Kier alpha value is -2.12. The van der Waals surface area contributed by atoms with Gasteiger partial charge in [0.2, 0.25) is 11.1 Å². The number of thioether (sulfide) groups is 1. The fourth-order valence-corrected chi connectivity index (χ4v) is 2.45. The topological polar surface area (TPSA) is 79.9 Å². The minimum absolute atomic E-state index is 0.0612. The molecule has 7 heteroatoms. The molecule has 2 N–H and O–H groups in total. The van der Waals surface area contributed by atoms with Gasteiger partial charge in [-0.05, 0) is 24.1 Å². The highest BCUT2D eigenvalue weighted by molar-refractivity contribution is 7.99. The first-order chi connectivity index (χ1) is 11.2. The second-order valence-electron chi connectivity index (χ2n) is 4.82. The van der Waals surface area contributed by atoms with Crippen LogP contribution in [0, 0.1) is 6.92 Å². The van der Waals surface area contributed by atoms with Gasteiger partial charge in [-0.25, -0.2) is 4.98 Å². The third kappa shape index (κ3) is 5.88. The molecule has 1 heterocycles. The molecule has 0 saturated carbocycles. The van der Waals surface area contributed by atoms with Crippen LogP contribution in [0.2, 0.25) is 0 Å². The first-order valence-electron chi connectivity index (χ1n) is 7.23. The van der Waals surface area contributed by atoms with Crippen molar-refractivity contribution < 1.29 is 9.53 Å². The summed E-state index contributed by atoms with van der Waals surface area (Å²) in [5, 5.41) is 10.2. The summed E-state index contributed by atoms with van der Waals surface area (Å²) in [6.45, 7) is 3.07. The highest BCUT2D eigenvalue weighted by Gasteiger charge is 2.06. The number of ether oxygens (including phenoxy) is 1. The van der Waals surface area contributed by atoms with E-state index in [9.17, 15) is 4.79 Å². The van der Waals surface area contributed by atoms with Crippen LogP contribution in [0.5, 0.6) is 0 Å². The second-order valence-corrected chi connectivity index (χ2v) is 5.77. The molecule has 0 unspecified atom stereocenters. The number of aromatic amines is 1. The van der Waals surface area contributed by atoms with Gasteiger partial charge in [0, 0.05) is 13.7 Å². The molecule has 0 atom stereocenters. The maximum absolute atomic E-state index is 11.6. The number of methoxy groups -OCH3 is 1. The number of carbonyl (C=O) groups is 1. The largest absolute Gasteiger partial charge is 0.383 e. The van der Waals surface area contributed by atoms with Crippen molar-refractivity contribution in [1.82, 2.24) is 20.5 Å². The summed E-state index contributed by atoms with van der Waals surface area (Å²) in [4.78, 5) is 15.9. The number of hydrogen-bond donors (Lipinski definition) is 2. The number of hydrogen-bond acceptors (Lipinski definition) is 5. The third-order valence-electron chi connectivity index (χ3n) is 3.05. The molecule has 0 saturated heterocycles. The summed E-state index contributed by atoms with van der Waals surface area (Å²) < 4.78 is 4.87. The molecule has 2 aromatic rings. The van der Waals surface area contributed by atoms with Gasteiger partial charge in [-0.2, -0.15) is 0 Å². The highest BCUT2D eigenvalue weighted by Crippen LogP contribution is 2.14. The Morgan fingerprint density at radius 1 is 1.39 bits per heavy atom. The van der Waals surface area contributed by atoms with Gasteiger partial charge in [-0.1, -0.05) is 42.1 Å². The molecule has 0 aliphatic carbocycles. The van der Waals surface area contributed by atoms with Gasteiger partial charge >= 0.3 is 0 Å². The first kappa shape index (κ1) is 17.2. The summed E-state index contributed by atoms with van der Waals surface area (Å²) in [6, 6.07) is 8.11. The van der Waals surface area contributed by atoms with E-state index in [2.05, 4.69) is 33.5 Å². The predicted octanol–water partition coefficient (Wildman–Crippen LogP) is 2.14. The predicted molar refractivity (Wildman–Crippen MR) is 92.1 cm³/mol. The van der Waals surface area contributed by atoms with Gasteiger partial charge in [0.05, 0.1) is 12.4 Å². The first-order valence-corrected chi connectivity index (χ1v) is 8.22. The van der Waals surface area contributed by atoms with E-state index < -0.39 is 0 Å². The monoisotopic (exact) mass is 332 g/mol. The van der Waals surface area contributed by atoms with Crippen molar-refractivity contribution in [2.45, 2.75) is 12.1 Å². The number of carbonyl (C=O) groups excluding carboxylic acids is 1. The molecule has 0 spiro atoms. The van der Waals surface area contributed by atoms with Crippen LogP contribution in [-0.4, -0.2) is 47.1 Å². The Morgan fingerprint density at radius 3 is 3.00 bits per heavy atom. The Morgan fingerprint density at radius 2 is 2.22 bits per heavy atom. The third-order valence-corrected chi connectivity index (χ3v) is 3.90. The van der Waals surface area contributed by atoms with Crippen LogP contribution in [0.3, 0.4) is 0 Å². The number of H-pyrrole nitrogens is 1. The minimum Gasteiger partial charge on any atom is -0.383 e. The van der Waals surface area contributed by atoms with Crippen LogP contribution in [0.15, 0.2) is 29.4 Å². The molecule has 2 rings (SSSR count). The summed E-state index contributed by atoms with van der Waals surface area (Å²) in [5.74, 6) is 0.882. The van der Waals surface area contributed by atoms with Crippen LogP contribution in [0.25, 0.3) is 12.2 Å². The van der Waals surface area contributed by atoms with Crippen molar-refractivity contribution in [3.8, 4) is 0 Å². The number of amides is 1. The molecule has 0 aliphatic rings. The zero-order valence-electron chi connectivity index (χ0n) is 13.2. The van der Waals surface area contributed by atoms with E-state index in [1.807, 2.05) is 30.4 Å². The van der Waals surface area contributed by atoms with Gasteiger partial charge in [0.1, 0.15) is 5.82 Å². The molecule has 0 radical (unpaired) electrons. The molecule has 1 amide bonds. The molecule has 0 aliphatic heterocycles. The highest BCUT2D eigenvalue weighted by atomic mass is 32.2. The number of benzene rings is 1. The Kier molecular flexibility index (Phi) is 6.83. The molecule has 122 valence electrons. The lowest BCUT2D eigenvalue weighted by atomic mass is 10.1. The van der Waals surface area contributed by atoms with Crippen LogP contribution in [0.1, 0.15) is 17.0 Å². The lowest BCUT2D eigenvalue weighted by Gasteiger charge is -2.02. The van der Waals surface area contributed by atoms with E-state index in [1.165, 1.54) is 17.3 Å². The Balaban J connectivity index is 1.84. The van der Waals surface area contributed by atoms with Gasteiger partial charge < -0.3 is 10.1 Å². The van der Waals surface area contributed by atoms with Crippen molar-refractivity contribution >= 4 is 29.8 Å². The zero-order valence-corrected chi connectivity index (χ0v) is 14.0. The van der Waals surface area contributed by atoms with Crippen molar-refractivity contribution in [2.24, 2.45) is 0 Å². The summed E-state index contributed by atoms with van der Waals surface area (Å²) in [7, 11) is 1.60. The summed E-state index contributed by atoms with van der Waals surface area (Å²) in [5.41, 5.74) is 2.33. The SMILES string of the molecule is COCCNC(=O)CSc1n[nH]c(C=Cc2ccccc2C)n1. The second kappa shape index (κ2) is 9.12. The average molecular weight is 332 g/mol. The van der Waals surface area contributed by atoms with Gasteiger partial charge in [0.25, 0.3) is 0 Å². The van der Waals surface area contributed by atoms with E-state index in [-0.39, 0.29) is 11.7 Å². The van der Waals surface area contributed by atoms with Crippen molar-refractivity contribution in [3.05, 3.63) is 41.2 Å². The number of aromatic nitrogens is 3.